The van der Waals surface area contributed by atoms with Gasteiger partial charge < -0.3 is 10.2 Å². The first-order chi connectivity index (χ1) is 6.35. The third-order valence-electron chi connectivity index (χ3n) is 1.44. The molecule has 14 heavy (non-hydrogen) atoms. The third kappa shape index (κ3) is 1.75. The molecule has 0 atom stereocenters. The smallest absolute Gasteiger partial charge is 0.331 e. The van der Waals surface area contributed by atoms with Gasteiger partial charge in [0, 0.05) is 14.1 Å². The molecule has 1 heterocycles. The van der Waals surface area contributed by atoms with E-state index in [4.69, 9.17) is 5.73 Å². The van der Waals surface area contributed by atoms with Gasteiger partial charge in [0.1, 0.15) is 6.26 Å². The Morgan fingerprint density at radius 2 is 2.14 bits per heavy atom. The van der Waals surface area contributed by atoms with Gasteiger partial charge in [-0.2, -0.15) is 9.29 Å². The number of aromatic nitrogens is 1. The molecule has 7 nitrogen and oxygen atoms in total. The normalized spacial score (nSPS) is 11.9. The van der Waals surface area contributed by atoms with Gasteiger partial charge in [0.15, 0.2) is 5.69 Å². The molecule has 0 saturated heterocycles. The van der Waals surface area contributed by atoms with Gasteiger partial charge >= 0.3 is 5.22 Å². The van der Waals surface area contributed by atoms with E-state index >= 15 is 0 Å². The number of nitrogens with two attached hydrogens (primary N) is 1. The van der Waals surface area contributed by atoms with Crippen LogP contribution in [0.15, 0.2) is 15.9 Å². The van der Waals surface area contributed by atoms with Crippen LogP contribution in [0, 0.1) is 0 Å². The zero-order valence-corrected chi connectivity index (χ0v) is 8.41. The van der Waals surface area contributed by atoms with Gasteiger partial charge in [-0.05, 0) is 0 Å². The summed E-state index contributed by atoms with van der Waals surface area (Å²) in [7, 11) is -1.10. The number of hydrogen-bond acceptors (Lipinski definition) is 5. The van der Waals surface area contributed by atoms with Crippen LogP contribution in [0.3, 0.4) is 0 Å². The molecular formula is C6H9N3O4S. The van der Waals surface area contributed by atoms with Crippen molar-refractivity contribution in [1.82, 2.24) is 9.29 Å². The fourth-order valence-corrected chi connectivity index (χ4v) is 1.34. The second-order valence-electron chi connectivity index (χ2n) is 2.65. The summed E-state index contributed by atoms with van der Waals surface area (Å²) in [5.41, 5.74) is 4.66. The highest BCUT2D eigenvalue weighted by Gasteiger charge is 2.24. The van der Waals surface area contributed by atoms with Crippen molar-refractivity contribution in [2.45, 2.75) is 5.22 Å². The minimum absolute atomic E-state index is 0.217. The van der Waals surface area contributed by atoms with Gasteiger partial charge in [0.25, 0.3) is 15.9 Å². The second kappa shape index (κ2) is 3.39. The van der Waals surface area contributed by atoms with E-state index in [0.717, 1.165) is 10.6 Å². The van der Waals surface area contributed by atoms with Crippen molar-refractivity contribution in [3.63, 3.8) is 0 Å². The summed E-state index contributed by atoms with van der Waals surface area (Å²) in [4.78, 5) is 14.0. The predicted octanol–water partition coefficient (Wildman–Crippen LogP) is -0.976. The lowest BCUT2D eigenvalue weighted by Crippen LogP contribution is -2.22. The highest BCUT2D eigenvalue weighted by Crippen LogP contribution is 2.11. The Balaban J connectivity index is 3.16. The average molecular weight is 219 g/mol. The lowest BCUT2D eigenvalue weighted by molar-refractivity contribution is 0.0995. The summed E-state index contributed by atoms with van der Waals surface area (Å²) >= 11 is 0. The van der Waals surface area contributed by atoms with Crippen LogP contribution >= 0.6 is 0 Å². The Hall–Kier alpha value is -1.41. The number of hydrogen-bond donors (Lipinski definition) is 1. The summed E-state index contributed by atoms with van der Waals surface area (Å²) < 4.78 is 28.3. The number of sulfonamides is 1. The molecule has 1 aromatic rings. The fourth-order valence-electron chi connectivity index (χ4n) is 0.645. The maximum atomic E-state index is 11.4. The second-order valence-corrected chi connectivity index (χ2v) is 4.68. The van der Waals surface area contributed by atoms with Crippen LogP contribution in [-0.4, -0.2) is 37.7 Å². The predicted molar refractivity (Wildman–Crippen MR) is 45.9 cm³/mol. The third-order valence-corrected chi connectivity index (χ3v) is 3.03. The highest BCUT2D eigenvalue weighted by atomic mass is 32.2. The quantitative estimate of drug-likeness (QED) is 0.703. The Morgan fingerprint density at radius 1 is 1.57 bits per heavy atom. The van der Waals surface area contributed by atoms with Gasteiger partial charge in [-0.15, -0.1) is 0 Å². The summed E-state index contributed by atoms with van der Waals surface area (Å²) in [5.74, 6) is -0.839. The number of primary amides is 1. The van der Waals surface area contributed by atoms with E-state index in [1.54, 1.807) is 0 Å². The molecule has 1 rings (SSSR count). The summed E-state index contributed by atoms with van der Waals surface area (Å²) in [6.45, 7) is 0. The van der Waals surface area contributed by atoms with Crippen molar-refractivity contribution in [2.24, 2.45) is 5.73 Å². The van der Waals surface area contributed by atoms with E-state index in [2.05, 4.69) is 9.40 Å². The molecule has 8 heteroatoms. The standard InChI is InChI=1S/C6H9N3O4S/c1-9(2)14(11,12)6-8-4(3-13-6)5(7)10/h3H,1-2H3,(H2,7,10). The van der Waals surface area contributed by atoms with Crippen molar-refractivity contribution in [3.8, 4) is 0 Å². The van der Waals surface area contributed by atoms with E-state index < -0.39 is 21.2 Å². The molecule has 78 valence electrons. The first-order valence-electron chi connectivity index (χ1n) is 3.53. The molecule has 0 unspecified atom stereocenters. The molecule has 0 bridgehead atoms. The molecule has 1 aromatic heterocycles. The molecule has 0 saturated carbocycles. The lowest BCUT2D eigenvalue weighted by atomic mass is 10.5. The minimum atomic E-state index is -3.74. The van der Waals surface area contributed by atoms with Crippen molar-refractivity contribution in [2.75, 3.05) is 14.1 Å². The largest absolute Gasteiger partial charge is 0.435 e. The van der Waals surface area contributed by atoms with E-state index in [0.29, 0.717) is 0 Å². The fraction of sp³-hybridized carbons (Fsp3) is 0.333. The van der Waals surface area contributed by atoms with Crippen LogP contribution in [0.2, 0.25) is 0 Å². The van der Waals surface area contributed by atoms with E-state index in [-0.39, 0.29) is 5.69 Å². The van der Waals surface area contributed by atoms with Gasteiger partial charge in [0.2, 0.25) is 0 Å². The maximum absolute atomic E-state index is 11.4. The van der Waals surface area contributed by atoms with Crippen LogP contribution in [0.5, 0.6) is 0 Å². The van der Waals surface area contributed by atoms with Gasteiger partial charge in [0.05, 0.1) is 0 Å². The molecule has 0 aliphatic carbocycles. The first-order valence-corrected chi connectivity index (χ1v) is 4.97. The molecule has 0 aromatic carbocycles. The molecule has 1 amide bonds. The molecule has 2 N–H and O–H groups in total. The van der Waals surface area contributed by atoms with Crippen LogP contribution in [0.1, 0.15) is 10.5 Å². The van der Waals surface area contributed by atoms with Crippen molar-refractivity contribution < 1.29 is 17.6 Å². The van der Waals surface area contributed by atoms with Crippen molar-refractivity contribution in [1.29, 1.82) is 0 Å². The number of carbonyl (C=O) groups is 1. The first kappa shape index (κ1) is 10.7. The molecule has 0 aliphatic heterocycles. The van der Waals surface area contributed by atoms with Crippen LogP contribution in [-0.2, 0) is 10.0 Å². The number of amides is 1. The molecule has 0 spiro atoms. The number of rotatable bonds is 3. The highest BCUT2D eigenvalue weighted by molar-refractivity contribution is 7.88. The van der Waals surface area contributed by atoms with Crippen LogP contribution in [0.25, 0.3) is 0 Å². The van der Waals surface area contributed by atoms with Crippen molar-refractivity contribution >= 4 is 15.9 Å². The molecule has 0 fully saturated rings. The Bertz CT molecular complexity index is 447. The van der Waals surface area contributed by atoms with Crippen LogP contribution in [0.4, 0.5) is 0 Å². The van der Waals surface area contributed by atoms with Gasteiger partial charge in [-0.3, -0.25) is 4.79 Å². The maximum Gasteiger partial charge on any atom is 0.331 e. The molecule has 0 aliphatic rings. The monoisotopic (exact) mass is 219 g/mol. The summed E-state index contributed by atoms with van der Waals surface area (Å²) in [5, 5.41) is -0.545. The Labute approximate surface area is 80.6 Å². The number of oxazole rings is 1. The van der Waals surface area contributed by atoms with E-state index in [1.807, 2.05) is 0 Å². The zero-order valence-electron chi connectivity index (χ0n) is 7.59. The summed E-state index contributed by atoms with van der Waals surface area (Å²) in [6.07, 6.45) is 0.902. The minimum Gasteiger partial charge on any atom is -0.435 e. The molecular weight excluding hydrogens is 210 g/mol. The topological polar surface area (TPSA) is 107 Å². The summed E-state index contributed by atoms with van der Waals surface area (Å²) in [6, 6.07) is 0. The van der Waals surface area contributed by atoms with E-state index in [9.17, 15) is 13.2 Å². The zero-order chi connectivity index (χ0) is 10.9. The van der Waals surface area contributed by atoms with Crippen molar-refractivity contribution in [3.05, 3.63) is 12.0 Å². The SMILES string of the molecule is CN(C)S(=O)(=O)c1nc(C(N)=O)co1. The van der Waals surface area contributed by atoms with Gasteiger partial charge in [-0.25, -0.2) is 8.42 Å². The van der Waals surface area contributed by atoms with Crippen LogP contribution < -0.4 is 5.73 Å². The Morgan fingerprint density at radius 3 is 2.50 bits per heavy atom. The molecule has 0 radical (unpaired) electrons. The number of carbonyl (C=O) groups excluding carboxylic acids is 1. The van der Waals surface area contributed by atoms with E-state index in [1.165, 1.54) is 14.1 Å². The Kier molecular flexibility index (Phi) is 2.58. The van der Waals surface area contributed by atoms with Gasteiger partial charge in [-0.1, -0.05) is 0 Å². The number of nitrogens with zero attached hydrogens (tertiary/aromatic N) is 2. The lowest BCUT2D eigenvalue weighted by Gasteiger charge is -2.05. The average Bonchev–Trinajstić information content (AvgIpc) is 2.51.